The van der Waals surface area contributed by atoms with Crippen molar-refractivity contribution in [3.8, 4) is 0 Å². The SMILES string of the molecule is O[C@H]1CCN1Cc1ccccc1. The topological polar surface area (TPSA) is 23.5 Å². The summed E-state index contributed by atoms with van der Waals surface area (Å²) >= 11 is 0. The van der Waals surface area contributed by atoms with Crippen LogP contribution in [0.2, 0.25) is 0 Å². The molecule has 1 heterocycles. The maximum atomic E-state index is 9.29. The molecule has 0 amide bonds. The first-order chi connectivity index (χ1) is 5.86. The highest BCUT2D eigenvalue weighted by Gasteiger charge is 2.24. The Balaban J connectivity index is 1.95. The average molecular weight is 163 g/mol. The fourth-order valence-corrected chi connectivity index (χ4v) is 1.43. The van der Waals surface area contributed by atoms with Crippen LogP contribution < -0.4 is 0 Å². The Morgan fingerprint density at radius 3 is 2.58 bits per heavy atom. The molecule has 1 atom stereocenters. The zero-order valence-electron chi connectivity index (χ0n) is 6.98. The predicted molar refractivity (Wildman–Crippen MR) is 47.5 cm³/mol. The van der Waals surface area contributed by atoms with E-state index in [1.54, 1.807) is 0 Å². The molecule has 1 aromatic carbocycles. The van der Waals surface area contributed by atoms with Gasteiger partial charge in [0, 0.05) is 13.1 Å². The standard InChI is InChI=1S/C10H13NO/c12-10-6-7-11(10)8-9-4-2-1-3-5-9/h1-5,10,12H,6-8H2/t10-/m0/s1. The van der Waals surface area contributed by atoms with Crippen molar-refractivity contribution in [3.05, 3.63) is 35.9 Å². The number of aliphatic hydroxyl groups excluding tert-OH is 1. The quantitative estimate of drug-likeness (QED) is 0.708. The molecule has 1 N–H and O–H groups in total. The van der Waals surface area contributed by atoms with Gasteiger partial charge in [-0.3, -0.25) is 4.90 Å². The molecule has 0 bridgehead atoms. The van der Waals surface area contributed by atoms with Gasteiger partial charge in [-0.2, -0.15) is 0 Å². The van der Waals surface area contributed by atoms with Crippen LogP contribution in [0.25, 0.3) is 0 Å². The molecule has 1 aromatic rings. The molecule has 2 rings (SSSR count). The van der Waals surface area contributed by atoms with Gasteiger partial charge >= 0.3 is 0 Å². The molecule has 1 aliphatic rings. The summed E-state index contributed by atoms with van der Waals surface area (Å²) in [6.07, 6.45) is 0.720. The number of aliphatic hydroxyl groups is 1. The van der Waals surface area contributed by atoms with E-state index in [9.17, 15) is 5.11 Å². The Hall–Kier alpha value is -0.860. The second-order valence-corrected chi connectivity index (χ2v) is 3.23. The van der Waals surface area contributed by atoms with Gasteiger partial charge in [0.15, 0.2) is 0 Å². The summed E-state index contributed by atoms with van der Waals surface area (Å²) in [5.74, 6) is 0. The maximum absolute atomic E-state index is 9.29. The number of rotatable bonds is 2. The van der Waals surface area contributed by atoms with Crippen LogP contribution in [0.1, 0.15) is 12.0 Å². The molecular formula is C10H13NO. The monoisotopic (exact) mass is 163 g/mol. The van der Waals surface area contributed by atoms with Gasteiger partial charge in [-0.25, -0.2) is 0 Å². The zero-order valence-corrected chi connectivity index (χ0v) is 6.98. The van der Waals surface area contributed by atoms with Crippen LogP contribution in [0.5, 0.6) is 0 Å². The van der Waals surface area contributed by atoms with Gasteiger partial charge in [0.05, 0.1) is 0 Å². The number of hydrogen-bond donors (Lipinski definition) is 1. The van der Waals surface area contributed by atoms with E-state index in [1.165, 1.54) is 5.56 Å². The first kappa shape index (κ1) is 7.77. The molecule has 0 aromatic heterocycles. The molecule has 1 aliphatic heterocycles. The van der Waals surface area contributed by atoms with Crippen LogP contribution in [0.3, 0.4) is 0 Å². The number of hydrogen-bond acceptors (Lipinski definition) is 2. The molecule has 0 radical (unpaired) electrons. The van der Waals surface area contributed by atoms with Crippen LogP contribution in [0, 0.1) is 0 Å². The van der Waals surface area contributed by atoms with Crippen molar-refractivity contribution >= 4 is 0 Å². The molecule has 0 unspecified atom stereocenters. The first-order valence-electron chi connectivity index (χ1n) is 4.32. The molecule has 2 heteroatoms. The zero-order chi connectivity index (χ0) is 8.39. The minimum Gasteiger partial charge on any atom is -0.378 e. The molecule has 64 valence electrons. The van der Waals surface area contributed by atoms with Gasteiger partial charge in [-0.1, -0.05) is 30.3 Å². The molecule has 0 saturated carbocycles. The largest absolute Gasteiger partial charge is 0.378 e. The van der Waals surface area contributed by atoms with Crippen LogP contribution in [0.15, 0.2) is 30.3 Å². The lowest BCUT2D eigenvalue weighted by atomic mass is 10.1. The Labute approximate surface area is 72.4 Å². The third-order valence-corrected chi connectivity index (χ3v) is 2.32. The first-order valence-corrected chi connectivity index (χ1v) is 4.32. The van der Waals surface area contributed by atoms with Gasteiger partial charge < -0.3 is 5.11 Å². The van der Waals surface area contributed by atoms with E-state index < -0.39 is 0 Å². The summed E-state index contributed by atoms with van der Waals surface area (Å²) in [7, 11) is 0. The Morgan fingerprint density at radius 1 is 1.33 bits per heavy atom. The van der Waals surface area contributed by atoms with E-state index in [0.29, 0.717) is 0 Å². The van der Waals surface area contributed by atoms with Gasteiger partial charge in [0.2, 0.25) is 0 Å². The lowest BCUT2D eigenvalue weighted by Crippen LogP contribution is -2.46. The second-order valence-electron chi connectivity index (χ2n) is 3.23. The molecule has 12 heavy (non-hydrogen) atoms. The Bertz CT molecular complexity index is 247. The van der Waals surface area contributed by atoms with Crippen molar-refractivity contribution in [2.45, 2.75) is 19.2 Å². The Kier molecular flexibility index (Phi) is 2.11. The van der Waals surface area contributed by atoms with Crippen LogP contribution in [-0.2, 0) is 6.54 Å². The highest BCUT2D eigenvalue weighted by Crippen LogP contribution is 2.17. The van der Waals surface area contributed by atoms with E-state index in [1.807, 2.05) is 18.2 Å². The van der Waals surface area contributed by atoms with Crippen molar-refractivity contribution in [1.29, 1.82) is 0 Å². The van der Waals surface area contributed by atoms with Crippen LogP contribution in [0.4, 0.5) is 0 Å². The van der Waals surface area contributed by atoms with E-state index in [2.05, 4.69) is 17.0 Å². The minimum atomic E-state index is -0.204. The van der Waals surface area contributed by atoms with Crippen molar-refractivity contribution in [1.82, 2.24) is 4.90 Å². The fraction of sp³-hybridized carbons (Fsp3) is 0.400. The van der Waals surface area contributed by atoms with Gasteiger partial charge in [-0.05, 0) is 12.0 Å². The van der Waals surface area contributed by atoms with E-state index in [0.717, 1.165) is 19.5 Å². The van der Waals surface area contributed by atoms with Crippen LogP contribution in [-0.4, -0.2) is 22.8 Å². The van der Waals surface area contributed by atoms with Gasteiger partial charge in [-0.15, -0.1) is 0 Å². The summed E-state index contributed by atoms with van der Waals surface area (Å²) in [5.41, 5.74) is 1.27. The molecule has 0 spiro atoms. The fourth-order valence-electron chi connectivity index (χ4n) is 1.43. The second kappa shape index (κ2) is 3.25. The lowest BCUT2D eigenvalue weighted by molar-refractivity contribution is -0.0793. The summed E-state index contributed by atoms with van der Waals surface area (Å²) in [6, 6.07) is 10.2. The average Bonchev–Trinajstić information content (AvgIpc) is 2.14. The lowest BCUT2D eigenvalue weighted by Gasteiger charge is -2.36. The summed E-state index contributed by atoms with van der Waals surface area (Å²) < 4.78 is 0. The molecule has 1 saturated heterocycles. The maximum Gasteiger partial charge on any atom is 0.108 e. The van der Waals surface area contributed by atoms with Gasteiger partial charge in [0.1, 0.15) is 6.23 Å². The Morgan fingerprint density at radius 2 is 2.08 bits per heavy atom. The summed E-state index contributed by atoms with van der Waals surface area (Å²) in [6.45, 7) is 1.90. The number of benzene rings is 1. The highest BCUT2D eigenvalue weighted by atomic mass is 16.3. The smallest absolute Gasteiger partial charge is 0.108 e. The number of nitrogens with zero attached hydrogens (tertiary/aromatic N) is 1. The third-order valence-electron chi connectivity index (χ3n) is 2.32. The minimum absolute atomic E-state index is 0.204. The van der Waals surface area contributed by atoms with E-state index in [-0.39, 0.29) is 6.23 Å². The van der Waals surface area contributed by atoms with Crippen LogP contribution >= 0.6 is 0 Å². The molecular weight excluding hydrogens is 150 g/mol. The highest BCUT2D eigenvalue weighted by molar-refractivity contribution is 5.14. The van der Waals surface area contributed by atoms with E-state index >= 15 is 0 Å². The predicted octanol–water partition coefficient (Wildman–Crippen LogP) is 1.21. The number of likely N-dealkylation sites (tertiary alicyclic amines) is 1. The van der Waals surface area contributed by atoms with E-state index in [4.69, 9.17) is 0 Å². The van der Waals surface area contributed by atoms with Gasteiger partial charge in [0.25, 0.3) is 0 Å². The van der Waals surface area contributed by atoms with Crippen molar-refractivity contribution in [3.63, 3.8) is 0 Å². The summed E-state index contributed by atoms with van der Waals surface area (Å²) in [5, 5.41) is 9.29. The molecule has 0 aliphatic carbocycles. The van der Waals surface area contributed by atoms with Crippen molar-refractivity contribution in [2.24, 2.45) is 0 Å². The molecule has 2 nitrogen and oxygen atoms in total. The van der Waals surface area contributed by atoms with Crippen molar-refractivity contribution < 1.29 is 5.11 Å². The molecule has 1 fully saturated rings. The summed E-state index contributed by atoms with van der Waals surface area (Å²) in [4.78, 5) is 2.06. The normalized spacial score (nSPS) is 23.6. The third kappa shape index (κ3) is 1.49. The van der Waals surface area contributed by atoms with Crippen molar-refractivity contribution in [2.75, 3.05) is 6.54 Å².